The fourth-order valence-corrected chi connectivity index (χ4v) is 6.18. The van der Waals surface area contributed by atoms with Crippen LogP contribution in [-0.4, -0.2) is 67.9 Å². The van der Waals surface area contributed by atoms with Crippen LogP contribution in [0.25, 0.3) is 0 Å². The van der Waals surface area contributed by atoms with Gasteiger partial charge in [0.2, 0.25) is 10.0 Å². The molecule has 0 N–H and O–H groups in total. The second-order valence-corrected chi connectivity index (χ2v) is 10.3. The Kier molecular flexibility index (Phi) is 5.71. The van der Waals surface area contributed by atoms with E-state index in [1.165, 1.54) is 31.9 Å². The van der Waals surface area contributed by atoms with Crippen molar-refractivity contribution in [2.45, 2.75) is 56.4 Å². The molecular weight excluding hydrogens is 360 g/mol. The van der Waals surface area contributed by atoms with Crippen LogP contribution in [0, 0.1) is 5.92 Å². The molecule has 7 heteroatoms. The molecule has 4 rings (SSSR count). The average molecular weight is 393 g/mol. The highest BCUT2D eigenvalue weighted by Gasteiger charge is 2.29. The highest BCUT2D eigenvalue weighted by molar-refractivity contribution is 7.89. The number of hydrogen-bond donors (Lipinski definition) is 0. The van der Waals surface area contributed by atoms with E-state index < -0.39 is 10.0 Å². The van der Waals surface area contributed by atoms with Crippen LogP contribution in [0.2, 0.25) is 0 Å². The lowest BCUT2D eigenvalue weighted by Gasteiger charge is -2.42. The van der Waals surface area contributed by atoms with Crippen LogP contribution >= 0.6 is 0 Å². The SMILES string of the molecule is CC1CCC(N2CCN(c3ccc(S(=O)(=O)N4CCCC4)cn3)CC2)CC1. The van der Waals surface area contributed by atoms with Crippen molar-refractivity contribution in [2.24, 2.45) is 5.92 Å². The fourth-order valence-electron chi connectivity index (χ4n) is 4.71. The maximum Gasteiger partial charge on any atom is 0.244 e. The zero-order valence-corrected chi connectivity index (χ0v) is 17.2. The number of rotatable bonds is 4. The number of anilines is 1. The van der Waals surface area contributed by atoms with Crippen molar-refractivity contribution in [2.75, 3.05) is 44.2 Å². The molecule has 1 aromatic heterocycles. The first-order chi connectivity index (χ1) is 13.0. The molecule has 1 saturated carbocycles. The molecule has 2 saturated heterocycles. The van der Waals surface area contributed by atoms with Gasteiger partial charge in [0.15, 0.2) is 0 Å². The largest absolute Gasteiger partial charge is 0.354 e. The van der Waals surface area contributed by atoms with Gasteiger partial charge < -0.3 is 4.90 Å². The molecule has 0 radical (unpaired) electrons. The van der Waals surface area contributed by atoms with E-state index in [-0.39, 0.29) is 0 Å². The highest BCUT2D eigenvalue weighted by atomic mass is 32.2. The number of aromatic nitrogens is 1. The van der Waals surface area contributed by atoms with Crippen LogP contribution in [0.3, 0.4) is 0 Å². The monoisotopic (exact) mass is 392 g/mol. The molecule has 2 aliphatic heterocycles. The van der Waals surface area contributed by atoms with Crippen molar-refractivity contribution >= 4 is 15.8 Å². The van der Waals surface area contributed by atoms with Crippen LogP contribution < -0.4 is 4.90 Å². The molecule has 1 aliphatic carbocycles. The van der Waals surface area contributed by atoms with Gasteiger partial charge in [-0.1, -0.05) is 6.92 Å². The van der Waals surface area contributed by atoms with Gasteiger partial charge in [0.1, 0.15) is 10.7 Å². The summed E-state index contributed by atoms with van der Waals surface area (Å²) in [6.07, 6.45) is 8.84. The Morgan fingerprint density at radius 1 is 0.926 bits per heavy atom. The Hall–Kier alpha value is -1.18. The van der Waals surface area contributed by atoms with Crippen molar-refractivity contribution < 1.29 is 8.42 Å². The van der Waals surface area contributed by atoms with Crippen LogP contribution in [-0.2, 0) is 10.0 Å². The minimum absolute atomic E-state index is 0.322. The number of piperazine rings is 1. The molecular formula is C20H32N4O2S. The average Bonchev–Trinajstić information content (AvgIpc) is 3.25. The Labute approximate surface area is 163 Å². The minimum atomic E-state index is -3.37. The van der Waals surface area contributed by atoms with Gasteiger partial charge in [-0.05, 0) is 56.6 Å². The highest BCUT2D eigenvalue weighted by Crippen LogP contribution is 2.28. The van der Waals surface area contributed by atoms with Gasteiger partial charge >= 0.3 is 0 Å². The Morgan fingerprint density at radius 2 is 1.59 bits per heavy atom. The summed E-state index contributed by atoms with van der Waals surface area (Å²) in [6, 6.07) is 4.36. The van der Waals surface area contributed by atoms with Gasteiger partial charge in [-0.3, -0.25) is 4.90 Å². The predicted molar refractivity (Wildman–Crippen MR) is 107 cm³/mol. The Bertz CT molecular complexity index is 715. The van der Waals surface area contributed by atoms with Gasteiger partial charge in [-0.2, -0.15) is 4.31 Å². The summed E-state index contributed by atoms with van der Waals surface area (Å²) < 4.78 is 26.8. The lowest BCUT2D eigenvalue weighted by Crippen LogP contribution is -2.51. The quantitative estimate of drug-likeness (QED) is 0.788. The van der Waals surface area contributed by atoms with E-state index in [2.05, 4.69) is 21.7 Å². The van der Waals surface area contributed by atoms with E-state index in [1.54, 1.807) is 10.4 Å². The smallest absolute Gasteiger partial charge is 0.244 e. The lowest BCUT2D eigenvalue weighted by molar-refractivity contribution is 0.132. The van der Waals surface area contributed by atoms with Gasteiger partial charge in [0.05, 0.1) is 0 Å². The molecule has 0 spiro atoms. The van der Waals surface area contributed by atoms with Crippen molar-refractivity contribution in [3.8, 4) is 0 Å². The summed E-state index contributed by atoms with van der Waals surface area (Å²) >= 11 is 0. The van der Waals surface area contributed by atoms with Crippen LogP contribution in [0.4, 0.5) is 5.82 Å². The van der Waals surface area contributed by atoms with Crippen molar-refractivity contribution in [3.63, 3.8) is 0 Å². The Balaban J connectivity index is 1.35. The molecule has 0 aromatic carbocycles. The maximum absolute atomic E-state index is 12.6. The second kappa shape index (κ2) is 8.05. The number of pyridine rings is 1. The summed E-state index contributed by atoms with van der Waals surface area (Å²) in [6.45, 7) is 7.73. The van der Waals surface area contributed by atoms with Crippen molar-refractivity contribution in [1.29, 1.82) is 0 Å². The minimum Gasteiger partial charge on any atom is -0.354 e. The van der Waals surface area contributed by atoms with E-state index >= 15 is 0 Å². The Morgan fingerprint density at radius 3 is 2.19 bits per heavy atom. The van der Waals surface area contributed by atoms with E-state index in [1.807, 2.05) is 6.07 Å². The fraction of sp³-hybridized carbons (Fsp3) is 0.750. The molecule has 0 atom stereocenters. The molecule has 0 unspecified atom stereocenters. The molecule has 150 valence electrons. The van der Waals surface area contributed by atoms with Gasteiger partial charge in [0, 0.05) is 51.5 Å². The maximum atomic E-state index is 12.6. The van der Waals surface area contributed by atoms with Crippen LogP contribution in [0.15, 0.2) is 23.2 Å². The third kappa shape index (κ3) is 4.15. The summed E-state index contributed by atoms with van der Waals surface area (Å²) in [5.74, 6) is 1.79. The molecule has 3 aliphatic rings. The van der Waals surface area contributed by atoms with Crippen LogP contribution in [0.5, 0.6) is 0 Å². The summed E-state index contributed by atoms with van der Waals surface area (Å²) in [5, 5.41) is 0. The molecule has 3 heterocycles. The van der Waals surface area contributed by atoms with Gasteiger partial charge in [-0.25, -0.2) is 13.4 Å². The first-order valence-corrected chi connectivity index (χ1v) is 11.9. The number of nitrogens with zero attached hydrogens (tertiary/aromatic N) is 4. The predicted octanol–water partition coefficient (Wildman–Crippen LogP) is 2.57. The standard InChI is InChI=1S/C20H32N4O2S/c1-17-4-6-18(7-5-17)22-12-14-23(15-13-22)20-9-8-19(16-21-20)27(25,26)24-10-2-3-11-24/h8-9,16-18H,2-7,10-15H2,1H3. The van der Waals surface area contributed by atoms with E-state index in [9.17, 15) is 8.42 Å². The van der Waals surface area contributed by atoms with Crippen LogP contribution in [0.1, 0.15) is 45.4 Å². The number of hydrogen-bond acceptors (Lipinski definition) is 5. The van der Waals surface area contributed by atoms with E-state index in [0.29, 0.717) is 18.0 Å². The summed E-state index contributed by atoms with van der Waals surface area (Å²) in [5.41, 5.74) is 0. The zero-order valence-electron chi connectivity index (χ0n) is 16.4. The normalized spacial score (nSPS) is 28.6. The topological polar surface area (TPSA) is 56.8 Å². The third-order valence-electron chi connectivity index (χ3n) is 6.56. The van der Waals surface area contributed by atoms with E-state index in [0.717, 1.165) is 56.8 Å². The number of sulfonamides is 1. The molecule has 1 aromatic rings. The van der Waals surface area contributed by atoms with E-state index in [4.69, 9.17) is 0 Å². The van der Waals surface area contributed by atoms with Crippen molar-refractivity contribution in [1.82, 2.24) is 14.2 Å². The van der Waals surface area contributed by atoms with Crippen molar-refractivity contribution in [3.05, 3.63) is 18.3 Å². The molecule has 6 nitrogen and oxygen atoms in total. The van der Waals surface area contributed by atoms with Gasteiger partial charge in [0.25, 0.3) is 0 Å². The first-order valence-electron chi connectivity index (χ1n) is 10.5. The summed E-state index contributed by atoms with van der Waals surface area (Å²) in [4.78, 5) is 9.74. The first kappa shape index (κ1) is 19.2. The summed E-state index contributed by atoms with van der Waals surface area (Å²) in [7, 11) is -3.37. The second-order valence-electron chi connectivity index (χ2n) is 8.40. The lowest BCUT2D eigenvalue weighted by atomic mass is 9.86. The molecule has 0 amide bonds. The van der Waals surface area contributed by atoms with Gasteiger partial charge in [-0.15, -0.1) is 0 Å². The third-order valence-corrected chi connectivity index (χ3v) is 8.45. The zero-order chi connectivity index (χ0) is 18.9. The molecule has 3 fully saturated rings. The molecule has 27 heavy (non-hydrogen) atoms. The molecule has 0 bridgehead atoms.